The number of carbonyl (C=O) groups excluding carboxylic acids is 1. The number of hydrogen-bond donors (Lipinski definition) is 1. The molecule has 0 spiro atoms. The second-order valence-corrected chi connectivity index (χ2v) is 5.25. The zero-order chi connectivity index (χ0) is 10.8. The van der Waals surface area contributed by atoms with Gasteiger partial charge in [0.05, 0.1) is 0 Å². The van der Waals surface area contributed by atoms with Gasteiger partial charge in [0.2, 0.25) is 5.91 Å². The highest BCUT2D eigenvalue weighted by atomic mass is 16.2. The Labute approximate surface area is 92.0 Å². The fraction of sp³-hybridized carbons (Fsp3) is 0.917. The van der Waals surface area contributed by atoms with Crippen molar-refractivity contribution < 1.29 is 4.79 Å². The summed E-state index contributed by atoms with van der Waals surface area (Å²) in [6.45, 7) is 3.88. The largest absolute Gasteiger partial charge is 0.342 e. The molecule has 1 heterocycles. The first kappa shape index (κ1) is 10.9. The Bertz CT molecular complexity index is 238. The lowest BCUT2D eigenvalue weighted by Crippen LogP contribution is -2.48. The molecule has 0 bridgehead atoms. The van der Waals surface area contributed by atoms with Crippen molar-refractivity contribution in [3.8, 4) is 0 Å². The van der Waals surface area contributed by atoms with E-state index in [4.69, 9.17) is 5.73 Å². The van der Waals surface area contributed by atoms with Crippen molar-refractivity contribution in [2.45, 2.75) is 45.1 Å². The van der Waals surface area contributed by atoms with Gasteiger partial charge in [-0.1, -0.05) is 19.8 Å². The maximum absolute atomic E-state index is 11.9. The van der Waals surface area contributed by atoms with Crippen LogP contribution in [0, 0.1) is 11.8 Å². The number of rotatable bonds is 3. The second-order valence-electron chi connectivity index (χ2n) is 5.25. The van der Waals surface area contributed by atoms with Gasteiger partial charge in [-0.3, -0.25) is 4.79 Å². The second kappa shape index (κ2) is 4.52. The Balaban J connectivity index is 1.74. The van der Waals surface area contributed by atoms with Crippen LogP contribution in [0.1, 0.15) is 39.0 Å². The van der Waals surface area contributed by atoms with Crippen LogP contribution in [0.5, 0.6) is 0 Å². The Kier molecular flexibility index (Phi) is 3.29. The van der Waals surface area contributed by atoms with Gasteiger partial charge in [-0.05, 0) is 24.7 Å². The summed E-state index contributed by atoms with van der Waals surface area (Å²) < 4.78 is 0. The van der Waals surface area contributed by atoms with E-state index >= 15 is 0 Å². The van der Waals surface area contributed by atoms with Gasteiger partial charge in [0.15, 0.2) is 0 Å². The monoisotopic (exact) mass is 210 g/mol. The molecule has 2 atom stereocenters. The van der Waals surface area contributed by atoms with Gasteiger partial charge in [0.25, 0.3) is 0 Å². The molecule has 1 aliphatic heterocycles. The van der Waals surface area contributed by atoms with E-state index in [1.807, 2.05) is 4.90 Å². The molecule has 0 aromatic rings. The third-order valence-electron chi connectivity index (χ3n) is 3.79. The van der Waals surface area contributed by atoms with Crippen LogP contribution in [0.3, 0.4) is 0 Å². The molecule has 15 heavy (non-hydrogen) atoms. The molecule has 2 fully saturated rings. The van der Waals surface area contributed by atoms with Crippen LogP contribution in [0.25, 0.3) is 0 Å². The highest BCUT2D eigenvalue weighted by Crippen LogP contribution is 2.33. The Hall–Kier alpha value is -0.570. The first-order valence-electron chi connectivity index (χ1n) is 6.20. The van der Waals surface area contributed by atoms with Crippen molar-refractivity contribution in [2.24, 2.45) is 17.6 Å². The lowest BCUT2D eigenvalue weighted by Gasteiger charge is -2.35. The van der Waals surface area contributed by atoms with E-state index < -0.39 is 0 Å². The molecule has 1 aliphatic carbocycles. The van der Waals surface area contributed by atoms with Gasteiger partial charge >= 0.3 is 0 Å². The molecule has 3 heteroatoms. The van der Waals surface area contributed by atoms with E-state index in [-0.39, 0.29) is 6.04 Å². The molecule has 1 saturated heterocycles. The van der Waals surface area contributed by atoms with E-state index in [1.165, 1.54) is 12.8 Å². The summed E-state index contributed by atoms with van der Waals surface area (Å²) in [5, 5.41) is 0. The van der Waals surface area contributed by atoms with Crippen LogP contribution in [-0.4, -0.2) is 29.9 Å². The van der Waals surface area contributed by atoms with Crippen LogP contribution < -0.4 is 5.73 Å². The smallest absolute Gasteiger partial charge is 0.222 e. The standard InChI is InChI=1S/C12H22N2O/c1-9-8-14(7-6-11(9)13)12(15)5-4-10-2-3-10/h9-11H,2-8,13H2,1H3. The topological polar surface area (TPSA) is 46.3 Å². The summed E-state index contributed by atoms with van der Waals surface area (Å²) in [6.07, 6.45) is 5.52. The number of hydrogen-bond acceptors (Lipinski definition) is 2. The molecule has 2 rings (SSSR count). The Morgan fingerprint density at radius 1 is 1.40 bits per heavy atom. The number of likely N-dealkylation sites (tertiary alicyclic amines) is 1. The van der Waals surface area contributed by atoms with Gasteiger partial charge < -0.3 is 10.6 Å². The van der Waals surface area contributed by atoms with Crippen molar-refractivity contribution in [2.75, 3.05) is 13.1 Å². The number of nitrogens with zero attached hydrogens (tertiary/aromatic N) is 1. The van der Waals surface area contributed by atoms with Gasteiger partial charge in [-0.15, -0.1) is 0 Å². The highest BCUT2D eigenvalue weighted by molar-refractivity contribution is 5.76. The number of nitrogens with two attached hydrogens (primary N) is 1. The quantitative estimate of drug-likeness (QED) is 0.764. The summed E-state index contributed by atoms with van der Waals surface area (Å²) in [5.41, 5.74) is 5.93. The minimum absolute atomic E-state index is 0.289. The summed E-state index contributed by atoms with van der Waals surface area (Å²) in [7, 11) is 0. The van der Waals surface area contributed by atoms with Gasteiger partial charge in [-0.2, -0.15) is 0 Å². The number of carbonyl (C=O) groups is 1. The average Bonchev–Trinajstić information content (AvgIpc) is 3.02. The maximum Gasteiger partial charge on any atom is 0.222 e. The SMILES string of the molecule is CC1CN(C(=O)CCC2CC2)CCC1N. The normalized spacial score (nSPS) is 31.7. The molecule has 0 aromatic carbocycles. The zero-order valence-corrected chi connectivity index (χ0v) is 9.61. The van der Waals surface area contributed by atoms with Crippen LogP contribution >= 0.6 is 0 Å². The number of piperidine rings is 1. The molecule has 1 saturated carbocycles. The Morgan fingerprint density at radius 3 is 2.73 bits per heavy atom. The summed E-state index contributed by atoms with van der Waals surface area (Å²) in [4.78, 5) is 13.9. The summed E-state index contributed by atoms with van der Waals surface area (Å²) in [5.74, 6) is 1.67. The van der Waals surface area contributed by atoms with E-state index in [9.17, 15) is 4.79 Å². The molecular weight excluding hydrogens is 188 g/mol. The fourth-order valence-electron chi connectivity index (χ4n) is 2.28. The van der Waals surface area contributed by atoms with E-state index in [1.54, 1.807) is 0 Å². The van der Waals surface area contributed by atoms with Crippen molar-refractivity contribution in [1.82, 2.24) is 4.90 Å². The number of amides is 1. The summed E-state index contributed by atoms with van der Waals surface area (Å²) >= 11 is 0. The molecule has 1 amide bonds. The van der Waals surface area contributed by atoms with Gasteiger partial charge in [0.1, 0.15) is 0 Å². The molecule has 0 radical (unpaired) electrons. The Morgan fingerprint density at radius 2 is 2.13 bits per heavy atom. The van der Waals surface area contributed by atoms with Crippen molar-refractivity contribution >= 4 is 5.91 Å². The lowest BCUT2D eigenvalue weighted by atomic mass is 9.94. The fourth-order valence-corrected chi connectivity index (χ4v) is 2.28. The molecule has 0 aromatic heterocycles. The molecular formula is C12H22N2O. The summed E-state index contributed by atoms with van der Waals surface area (Å²) in [6, 6.07) is 0.289. The van der Waals surface area contributed by atoms with E-state index in [0.29, 0.717) is 11.8 Å². The van der Waals surface area contributed by atoms with Crippen LogP contribution in [-0.2, 0) is 4.79 Å². The third kappa shape index (κ3) is 2.94. The van der Waals surface area contributed by atoms with Crippen molar-refractivity contribution in [1.29, 1.82) is 0 Å². The third-order valence-corrected chi connectivity index (χ3v) is 3.79. The molecule has 2 aliphatic rings. The average molecular weight is 210 g/mol. The van der Waals surface area contributed by atoms with E-state index in [2.05, 4.69) is 6.92 Å². The molecule has 86 valence electrons. The minimum Gasteiger partial charge on any atom is -0.342 e. The van der Waals surface area contributed by atoms with Crippen LogP contribution in [0.2, 0.25) is 0 Å². The lowest BCUT2D eigenvalue weighted by molar-refractivity contribution is -0.133. The van der Waals surface area contributed by atoms with Gasteiger partial charge in [0, 0.05) is 25.6 Å². The van der Waals surface area contributed by atoms with Crippen molar-refractivity contribution in [3.05, 3.63) is 0 Å². The zero-order valence-electron chi connectivity index (χ0n) is 9.61. The maximum atomic E-state index is 11.9. The molecule has 2 unspecified atom stereocenters. The first-order valence-corrected chi connectivity index (χ1v) is 6.20. The highest BCUT2D eigenvalue weighted by Gasteiger charge is 2.27. The minimum atomic E-state index is 0.289. The van der Waals surface area contributed by atoms with Crippen LogP contribution in [0.15, 0.2) is 0 Å². The predicted molar refractivity (Wildman–Crippen MR) is 60.3 cm³/mol. The molecule has 3 nitrogen and oxygen atoms in total. The predicted octanol–water partition coefficient (Wildman–Crippen LogP) is 1.37. The van der Waals surface area contributed by atoms with Crippen molar-refractivity contribution in [3.63, 3.8) is 0 Å². The van der Waals surface area contributed by atoms with E-state index in [0.717, 1.165) is 38.3 Å². The molecule has 2 N–H and O–H groups in total. The van der Waals surface area contributed by atoms with Gasteiger partial charge in [-0.25, -0.2) is 0 Å². The first-order chi connectivity index (χ1) is 7.16. The van der Waals surface area contributed by atoms with Crippen LogP contribution in [0.4, 0.5) is 0 Å².